The van der Waals surface area contributed by atoms with Crippen LogP contribution in [0.4, 0.5) is 0 Å². The van der Waals surface area contributed by atoms with E-state index in [1.165, 1.54) is 32.1 Å². The molecule has 184 valence electrons. The Morgan fingerprint density at radius 2 is 1.41 bits per heavy atom. The van der Waals surface area contributed by atoms with Crippen molar-refractivity contribution in [2.45, 2.75) is 90.1 Å². The fourth-order valence-electron chi connectivity index (χ4n) is 4.37. The Labute approximate surface area is 204 Å². The predicted molar refractivity (Wildman–Crippen MR) is 141 cm³/mol. The largest absolute Gasteiger partial charge is 0.507 e. The summed E-state index contributed by atoms with van der Waals surface area (Å²) in [6, 6.07) is 11.0. The number of hydrogen-bond donors (Lipinski definition) is 2. The van der Waals surface area contributed by atoms with Gasteiger partial charge in [0.2, 0.25) is 0 Å². The van der Waals surface area contributed by atoms with E-state index in [1.54, 1.807) is 24.6 Å². The number of phenolic OH excluding ortho intramolecular Hbond substituents is 2. The topological polar surface area (TPSA) is 74.4 Å². The first-order chi connectivity index (χ1) is 16.6. The molecule has 5 heteroatoms. The number of aromatic hydroxyl groups is 2. The summed E-state index contributed by atoms with van der Waals surface area (Å²) < 4.78 is 5.91. The summed E-state index contributed by atoms with van der Waals surface area (Å²) in [4.78, 5) is 9.59. The van der Waals surface area contributed by atoms with E-state index < -0.39 is 0 Å². The SMILES string of the molecule is CCCCCCCCOc1ccc(O)c(C=N[C@H]2CCCC[C@@H]2N=Cc2cc(C)ccc2O)c1. The molecule has 0 heterocycles. The number of unbranched alkanes of at least 4 members (excludes halogenated alkanes) is 5. The van der Waals surface area contributed by atoms with Crippen molar-refractivity contribution >= 4 is 12.4 Å². The number of aliphatic imine (C=N–C) groups is 2. The second kappa shape index (κ2) is 13.8. The zero-order chi connectivity index (χ0) is 24.2. The van der Waals surface area contributed by atoms with Gasteiger partial charge in [0.15, 0.2) is 0 Å². The van der Waals surface area contributed by atoms with Crippen molar-refractivity contribution in [2.24, 2.45) is 9.98 Å². The molecule has 2 N–H and O–H groups in total. The van der Waals surface area contributed by atoms with E-state index >= 15 is 0 Å². The highest BCUT2D eigenvalue weighted by atomic mass is 16.5. The van der Waals surface area contributed by atoms with Crippen LogP contribution in [0, 0.1) is 6.92 Å². The highest BCUT2D eigenvalue weighted by molar-refractivity contribution is 5.85. The fourth-order valence-corrected chi connectivity index (χ4v) is 4.37. The van der Waals surface area contributed by atoms with Gasteiger partial charge in [-0.05, 0) is 56.5 Å². The second-order valence-corrected chi connectivity index (χ2v) is 9.37. The van der Waals surface area contributed by atoms with Crippen LogP contribution in [0.3, 0.4) is 0 Å². The monoisotopic (exact) mass is 464 g/mol. The summed E-state index contributed by atoms with van der Waals surface area (Å²) in [6.45, 7) is 4.93. The van der Waals surface area contributed by atoms with Crippen LogP contribution in [0.15, 0.2) is 46.4 Å². The summed E-state index contributed by atoms with van der Waals surface area (Å²) in [6.07, 6.45) is 15.1. The molecule has 2 aromatic carbocycles. The van der Waals surface area contributed by atoms with Gasteiger partial charge in [0.05, 0.1) is 18.7 Å². The van der Waals surface area contributed by atoms with Crippen LogP contribution in [0.25, 0.3) is 0 Å². The summed E-state index contributed by atoms with van der Waals surface area (Å²) in [5, 5.41) is 20.4. The maximum Gasteiger partial charge on any atom is 0.124 e. The van der Waals surface area contributed by atoms with Crippen molar-refractivity contribution < 1.29 is 14.9 Å². The number of benzene rings is 2. The average molecular weight is 465 g/mol. The molecule has 1 saturated carbocycles. The van der Waals surface area contributed by atoms with Gasteiger partial charge < -0.3 is 14.9 Å². The Hall–Kier alpha value is -2.82. The maximum absolute atomic E-state index is 10.3. The lowest BCUT2D eigenvalue weighted by Crippen LogP contribution is -2.27. The van der Waals surface area contributed by atoms with Gasteiger partial charge in [-0.15, -0.1) is 0 Å². The third kappa shape index (κ3) is 8.19. The first kappa shape index (κ1) is 25.8. The molecule has 2 atom stereocenters. The molecule has 0 saturated heterocycles. The summed E-state index contributed by atoms with van der Waals surface area (Å²) in [5.41, 5.74) is 2.50. The highest BCUT2D eigenvalue weighted by Gasteiger charge is 2.23. The lowest BCUT2D eigenvalue weighted by molar-refractivity contribution is 0.304. The van der Waals surface area contributed by atoms with Gasteiger partial charge in [-0.1, -0.05) is 63.5 Å². The number of aryl methyl sites for hydroxylation is 1. The summed E-state index contributed by atoms with van der Waals surface area (Å²) in [5.74, 6) is 1.21. The van der Waals surface area contributed by atoms with Crippen molar-refractivity contribution in [1.29, 1.82) is 0 Å². The van der Waals surface area contributed by atoms with Gasteiger partial charge in [-0.2, -0.15) is 0 Å². The van der Waals surface area contributed by atoms with Crippen LogP contribution in [-0.2, 0) is 0 Å². The molecular formula is C29H40N2O3. The molecule has 1 aliphatic rings. The molecule has 2 aromatic rings. The Bertz CT molecular complexity index is 954. The van der Waals surface area contributed by atoms with E-state index in [0.717, 1.165) is 49.0 Å². The molecule has 0 aliphatic heterocycles. The average Bonchev–Trinajstić information content (AvgIpc) is 2.84. The maximum atomic E-state index is 10.3. The van der Waals surface area contributed by atoms with Gasteiger partial charge in [0.25, 0.3) is 0 Å². The van der Waals surface area contributed by atoms with Crippen LogP contribution in [0.2, 0.25) is 0 Å². The molecule has 0 amide bonds. The van der Waals surface area contributed by atoms with Crippen molar-refractivity contribution in [3.05, 3.63) is 53.1 Å². The minimum absolute atomic E-state index is 0.0593. The molecule has 34 heavy (non-hydrogen) atoms. The van der Waals surface area contributed by atoms with Crippen LogP contribution >= 0.6 is 0 Å². The molecule has 0 unspecified atom stereocenters. The molecule has 1 fully saturated rings. The van der Waals surface area contributed by atoms with Crippen LogP contribution < -0.4 is 4.74 Å². The van der Waals surface area contributed by atoms with Crippen LogP contribution in [0.5, 0.6) is 17.2 Å². The Balaban J connectivity index is 1.59. The highest BCUT2D eigenvalue weighted by Crippen LogP contribution is 2.26. The third-order valence-corrected chi connectivity index (χ3v) is 6.45. The summed E-state index contributed by atoms with van der Waals surface area (Å²) >= 11 is 0. The lowest BCUT2D eigenvalue weighted by atomic mass is 9.91. The molecule has 1 aliphatic carbocycles. The van der Waals surface area contributed by atoms with Gasteiger partial charge in [-0.25, -0.2) is 0 Å². The van der Waals surface area contributed by atoms with Gasteiger partial charge in [0, 0.05) is 23.6 Å². The molecular weight excluding hydrogens is 424 g/mol. The fraction of sp³-hybridized carbons (Fsp3) is 0.517. The molecule has 0 radical (unpaired) electrons. The Morgan fingerprint density at radius 3 is 2.09 bits per heavy atom. The number of rotatable bonds is 12. The normalized spacial score (nSPS) is 18.6. The van der Waals surface area contributed by atoms with Crippen molar-refractivity contribution in [2.75, 3.05) is 6.61 Å². The molecule has 3 rings (SSSR count). The van der Waals surface area contributed by atoms with E-state index in [0.29, 0.717) is 12.2 Å². The van der Waals surface area contributed by atoms with Gasteiger partial charge >= 0.3 is 0 Å². The third-order valence-electron chi connectivity index (χ3n) is 6.45. The second-order valence-electron chi connectivity index (χ2n) is 9.37. The predicted octanol–water partition coefficient (Wildman–Crippen LogP) is 6.99. The lowest BCUT2D eigenvalue weighted by Gasteiger charge is -2.25. The molecule has 0 aromatic heterocycles. The van der Waals surface area contributed by atoms with E-state index in [9.17, 15) is 10.2 Å². The van der Waals surface area contributed by atoms with Crippen molar-refractivity contribution in [3.8, 4) is 17.2 Å². The van der Waals surface area contributed by atoms with Crippen LogP contribution in [-0.4, -0.2) is 41.3 Å². The number of phenols is 2. The first-order valence-electron chi connectivity index (χ1n) is 12.9. The Morgan fingerprint density at radius 1 is 0.824 bits per heavy atom. The van der Waals surface area contributed by atoms with E-state index in [2.05, 4.69) is 6.92 Å². The smallest absolute Gasteiger partial charge is 0.124 e. The Kier molecular flexibility index (Phi) is 10.5. The van der Waals surface area contributed by atoms with Gasteiger partial charge in [0.1, 0.15) is 17.2 Å². The number of hydrogen-bond acceptors (Lipinski definition) is 5. The zero-order valence-electron chi connectivity index (χ0n) is 20.7. The van der Waals surface area contributed by atoms with Crippen molar-refractivity contribution in [3.63, 3.8) is 0 Å². The zero-order valence-corrected chi connectivity index (χ0v) is 20.7. The standard InChI is InChI=1S/C29H40N2O3/c1-3-4-5-6-7-10-17-34-25-14-16-29(33)24(19-25)21-31-27-12-9-8-11-26(27)30-20-23-18-22(2)13-15-28(23)32/h13-16,18-21,26-27,32-33H,3-12,17H2,1-2H3/t26-,27-/m0/s1. The van der Waals surface area contributed by atoms with Gasteiger partial charge in [-0.3, -0.25) is 9.98 Å². The van der Waals surface area contributed by atoms with E-state index in [-0.39, 0.29) is 23.6 Å². The van der Waals surface area contributed by atoms with E-state index in [1.807, 2.05) is 31.2 Å². The summed E-state index contributed by atoms with van der Waals surface area (Å²) in [7, 11) is 0. The number of nitrogens with zero attached hydrogens (tertiary/aromatic N) is 2. The molecule has 0 bridgehead atoms. The minimum Gasteiger partial charge on any atom is -0.507 e. The minimum atomic E-state index is 0.0593. The molecule has 5 nitrogen and oxygen atoms in total. The molecule has 0 spiro atoms. The van der Waals surface area contributed by atoms with Crippen molar-refractivity contribution in [1.82, 2.24) is 0 Å². The number of ether oxygens (including phenoxy) is 1. The quantitative estimate of drug-likeness (QED) is 0.262. The van der Waals surface area contributed by atoms with E-state index in [4.69, 9.17) is 14.7 Å². The van der Waals surface area contributed by atoms with Crippen LogP contribution in [0.1, 0.15) is 87.8 Å². The first-order valence-corrected chi connectivity index (χ1v) is 12.9.